The van der Waals surface area contributed by atoms with E-state index in [0.29, 0.717) is 17.5 Å². The van der Waals surface area contributed by atoms with Gasteiger partial charge >= 0.3 is 5.97 Å². The van der Waals surface area contributed by atoms with Crippen molar-refractivity contribution in [2.24, 2.45) is 40.4 Å². The van der Waals surface area contributed by atoms with E-state index in [4.69, 9.17) is 5.11 Å². The molecule has 0 aromatic rings. The standard InChI is InChI=1S/C21H30O2.C8H16O2/c1-13(22)17-6-7-18-16-5-4-14-12-15(23)8-10-20(14,2)19(16)9-11-21(17,18)3;1-3-5-7(6-4-2)8(9)10/h12,16-19H,4-11H2,1-3H3;7H,3-6H2,1-2H3,(H,9,10)/t16-,17+,18-,19-,20-,21+;/m0./s1. The predicted octanol–water partition coefficient (Wildman–Crippen LogP) is 7.01. The number of fused-ring (bicyclic) bond motifs is 5. The van der Waals surface area contributed by atoms with Crippen LogP contribution in [0.15, 0.2) is 11.6 Å². The maximum Gasteiger partial charge on any atom is 0.306 e. The zero-order valence-corrected chi connectivity index (χ0v) is 21.6. The van der Waals surface area contributed by atoms with Gasteiger partial charge in [0.05, 0.1) is 5.92 Å². The van der Waals surface area contributed by atoms with Gasteiger partial charge in [-0.25, -0.2) is 0 Å². The van der Waals surface area contributed by atoms with Crippen molar-refractivity contribution >= 4 is 17.5 Å². The van der Waals surface area contributed by atoms with Crippen molar-refractivity contribution in [1.29, 1.82) is 0 Å². The maximum atomic E-state index is 12.1. The van der Waals surface area contributed by atoms with Crippen LogP contribution >= 0.6 is 0 Å². The van der Waals surface area contributed by atoms with Crippen molar-refractivity contribution in [3.05, 3.63) is 11.6 Å². The molecule has 0 heterocycles. The molecule has 0 unspecified atom stereocenters. The lowest BCUT2D eigenvalue weighted by Gasteiger charge is -2.58. The van der Waals surface area contributed by atoms with Gasteiger partial charge in [-0.05, 0) is 99.4 Å². The zero-order valence-electron chi connectivity index (χ0n) is 21.6. The molecular weight excluding hydrogens is 412 g/mol. The van der Waals surface area contributed by atoms with Gasteiger partial charge in [0.1, 0.15) is 5.78 Å². The minimum atomic E-state index is -0.635. The summed E-state index contributed by atoms with van der Waals surface area (Å²) in [5.41, 5.74) is 1.95. The Morgan fingerprint density at radius 2 is 1.67 bits per heavy atom. The van der Waals surface area contributed by atoms with Crippen molar-refractivity contribution < 1.29 is 19.5 Å². The molecule has 4 heteroatoms. The number of carbonyl (C=O) groups excluding carboxylic acids is 2. The van der Waals surface area contributed by atoms with Crippen LogP contribution in [-0.4, -0.2) is 22.6 Å². The number of carboxylic acid groups (broad SMARTS) is 1. The average Bonchev–Trinajstić information content (AvgIpc) is 3.12. The number of carbonyl (C=O) groups is 3. The zero-order chi connectivity index (χ0) is 24.4. The molecule has 0 bridgehead atoms. The minimum Gasteiger partial charge on any atom is -0.481 e. The van der Waals surface area contributed by atoms with E-state index in [0.717, 1.165) is 69.1 Å². The molecule has 186 valence electrons. The summed E-state index contributed by atoms with van der Waals surface area (Å²) in [5.74, 6) is 2.55. The SMILES string of the molecule is CC(=O)[C@H]1CC[C@H]2[C@@H]3CCC4=CC(=O)CC[C@]4(C)[C@H]3CC[C@]12C.CCCC(CCC)C(=O)O. The van der Waals surface area contributed by atoms with Crippen molar-refractivity contribution in [3.63, 3.8) is 0 Å². The van der Waals surface area contributed by atoms with Crippen molar-refractivity contribution in [1.82, 2.24) is 0 Å². The van der Waals surface area contributed by atoms with Crippen LogP contribution < -0.4 is 0 Å². The summed E-state index contributed by atoms with van der Waals surface area (Å²) in [6, 6.07) is 0. The van der Waals surface area contributed by atoms with E-state index in [1.807, 2.05) is 19.9 Å². The monoisotopic (exact) mass is 458 g/mol. The Morgan fingerprint density at radius 3 is 2.24 bits per heavy atom. The first-order chi connectivity index (χ1) is 15.6. The van der Waals surface area contributed by atoms with E-state index in [1.54, 1.807) is 6.92 Å². The van der Waals surface area contributed by atoms with Gasteiger partial charge in [0, 0.05) is 12.3 Å². The van der Waals surface area contributed by atoms with Crippen molar-refractivity contribution in [2.75, 3.05) is 0 Å². The maximum absolute atomic E-state index is 12.1. The molecule has 4 rings (SSSR count). The second kappa shape index (κ2) is 10.4. The van der Waals surface area contributed by atoms with E-state index >= 15 is 0 Å². The highest BCUT2D eigenvalue weighted by atomic mass is 16.4. The van der Waals surface area contributed by atoms with Gasteiger partial charge in [0.25, 0.3) is 0 Å². The Kier molecular flexibility index (Phi) is 8.28. The number of hydrogen-bond donors (Lipinski definition) is 1. The molecule has 33 heavy (non-hydrogen) atoms. The first kappa shape index (κ1) is 26.2. The number of carboxylic acids is 1. The third-order valence-electron chi connectivity index (χ3n) is 10.1. The average molecular weight is 459 g/mol. The van der Waals surface area contributed by atoms with E-state index in [9.17, 15) is 14.4 Å². The predicted molar refractivity (Wildman–Crippen MR) is 132 cm³/mol. The lowest BCUT2D eigenvalue weighted by molar-refractivity contribution is -0.142. The molecule has 0 spiro atoms. The van der Waals surface area contributed by atoms with Gasteiger partial charge in [-0.2, -0.15) is 0 Å². The summed E-state index contributed by atoms with van der Waals surface area (Å²) in [4.78, 5) is 34.5. The molecule has 3 fully saturated rings. The molecule has 3 saturated carbocycles. The van der Waals surface area contributed by atoms with Crippen LogP contribution in [0.4, 0.5) is 0 Å². The molecule has 4 aliphatic rings. The number of ketones is 2. The van der Waals surface area contributed by atoms with Gasteiger partial charge in [-0.1, -0.05) is 46.1 Å². The Balaban J connectivity index is 0.000000262. The Morgan fingerprint density at radius 1 is 1.00 bits per heavy atom. The van der Waals surface area contributed by atoms with E-state index < -0.39 is 5.97 Å². The van der Waals surface area contributed by atoms with E-state index in [1.165, 1.54) is 31.3 Å². The Labute approximate surface area is 201 Å². The minimum absolute atomic E-state index is 0.102. The first-order valence-corrected chi connectivity index (χ1v) is 13.6. The lowest BCUT2D eigenvalue weighted by atomic mass is 9.47. The highest BCUT2D eigenvalue weighted by Gasteiger charge is 2.59. The van der Waals surface area contributed by atoms with Crippen molar-refractivity contribution in [3.8, 4) is 0 Å². The second-order valence-electron chi connectivity index (χ2n) is 11.9. The molecule has 1 N–H and O–H groups in total. The third kappa shape index (κ3) is 5.00. The highest BCUT2D eigenvalue weighted by molar-refractivity contribution is 5.91. The summed E-state index contributed by atoms with van der Waals surface area (Å²) >= 11 is 0. The number of hydrogen-bond acceptors (Lipinski definition) is 3. The smallest absolute Gasteiger partial charge is 0.306 e. The summed E-state index contributed by atoms with van der Waals surface area (Å²) in [6.45, 7) is 10.7. The molecule has 0 aliphatic heterocycles. The molecular formula is C29H46O4. The van der Waals surface area contributed by atoms with Gasteiger partial charge in [-0.15, -0.1) is 0 Å². The first-order valence-electron chi connectivity index (χ1n) is 13.6. The van der Waals surface area contributed by atoms with E-state index in [2.05, 4.69) is 13.8 Å². The van der Waals surface area contributed by atoms with Crippen LogP contribution in [0, 0.1) is 40.4 Å². The molecule has 0 amide bonds. The summed E-state index contributed by atoms with van der Waals surface area (Å²) in [5, 5.41) is 8.64. The second-order valence-corrected chi connectivity index (χ2v) is 11.9. The molecule has 0 radical (unpaired) electrons. The van der Waals surface area contributed by atoms with Crippen LogP contribution in [0.5, 0.6) is 0 Å². The molecule has 4 nitrogen and oxygen atoms in total. The van der Waals surface area contributed by atoms with Gasteiger partial charge in [0.15, 0.2) is 5.78 Å². The largest absolute Gasteiger partial charge is 0.481 e. The van der Waals surface area contributed by atoms with E-state index in [-0.39, 0.29) is 16.7 Å². The fraction of sp³-hybridized carbons (Fsp3) is 0.828. The van der Waals surface area contributed by atoms with Gasteiger partial charge in [0.2, 0.25) is 0 Å². The van der Waals surface area contributed by atoms with Crippen LogP contribution in [-0.2, 0) is 14.4 Å². The Hall–Kier alpha value is -1.45. The molecule has 0 aromatic heterocycles. The van der Waals surface area contributed by atoms with Crippen LogP contribution in [0.25, 0.3) is 0 Å². The van der Waals surface area contributed by atoms with Gasteiger partial charge in [-0.3, -0.25) is 14.4 Å². The fourth-order valence-corrected chi connectivity index (χ4v) is 8.32. The van der Waals surface area contributed by atoms with Crippen LogP contribution in [0.2, 0.25) is 0 Å². The highest BCUT2D eigenvalue weighted by Crippen LogP contribution is 2.66. The molecule has 0 saturated heterocycles. The summed E-state index contributed by atoms with van der Waals surface area (Å²) in [7, 11) is 0. The number of allylic oxidation sites excluding steroid dienone is 1. The molecule has 0 aromatic carbocycles. The van der Waals surface area contributed by atoms with Gasteiger partial charge < -0.3 is 5.11 Å². The van der Waals surface area contributed by atoms with Crippen LogP contribution in [0.3, 0.4) is 0 Å². The fourth-order valence-electron chi connectivity index (χ4n) is 8.32. The number of rotatable bonds is 6. The van der Waals surface area contributed by atoms with Crippen LogP contribution in [0.1, 0.15) is 112 Å². The topological polar surface area (TPSA) is 71.4 Å². The number of aliphatic carboxylic acids is 1. The normalized spacial score (nSPS) is 37.3. The Bertz CT molecular complexity index is 776. The third-order valence-corrected chi connectivity index (χ3v) is 10.1. The quantitative estimate of drug-likeness (QED) is 0.464. The number of Topliss-reactive ketones (excluding diaryl/α,β-unsaturated/α-hetero) is 1. The summed E-state index contributed by atoms with van der Waals surface area (Å²) < 4.78 is 0. The summed E-state index contributed by atoms with van der Waals surface area (Å²) in [6.07, 6.45) is 14.5. The molecule has 6 atom stereocenters. The molecule has 4 aliphatic carbocycles. The lowest BCUT2D eigenvalue weighted by Crippen LogP contribution is -2.51. The van der Waals surface area contributed by atoms with Crippen molar-refractivity contribution in [2.45, 2.75) is 112 Å².